The molecular weight excluding hydrogens is 222 g/mol. The summed E-state index contributed by atoms with van der Waals surface area (Å²) in [6.45, 7) is 8.18. The fraction of sp³-hybridized carbons (Fsp3) is 0.625. The lowest BCUT2D eigenvalue weighted by molar-refractivity contribution is 0.198. The lowest BCUT2D eigenvalue weighted by Crippen LogP contribution is -2.35. The summed E-state index contributed by atoms with van der Waals surface area (Å²) in [6, 6.07) is 7.79. The molecule has 0 bridgehead atoms. The molecule has 0 spiro atoms. The summed E-state index contributed by atoms with van der Waals surface area (Å²) in [6.07, 6.45) is 3.81. The van der Waals surface area contributed by atoms with E-state index in [2.05, 4.69) is 24.8 Å². The number of hydrogen-bond acceptors (Lipinski definition) is 2. The van der Waals surface area contributed by atoms with Crippen LogP contribution in [-0.4, -0.2) is 29.6 Å². The summed E-state index contributed by atoms with van der Waals surface area (Å²) >= 11 is 0. The number of rotatable bonds is 4. The van der Waals surface area contributed by atoms with Crippen LogP contribution in [-0.2, 0) is 0 Å². The van der Waals surface area contributed by atoms with Gasteiger partial charge in [-0.1, -0.05) is 26.0 Å². The first-order chi connectivity index (χ1) is 8.65. The molecule has 0 aromatic heterocycles. The first kappa shape index (κ1) is 13.4. The standard InChI is InChI=1S/C16H25NO/c1-13(2)8-10-17-9-4-6-15(12-17)14-5-3-7-16(18)11-14/h3,5,7,11,13,15,18H,4,6,8-10,12H2,1-2H3/t15-/m0/s1. The van der Waals surface area contributed by atoms with Gasteiger partial charge in [-0.15, -0.1) is 0 Å². The predicted molar refractivity (Wildman–Crippen MR) is 76.0 cm³/mol. The van der Waals surface area contributed by atoms with Gasteiger partial charge in [0.05, 0.1) is 0 Å². The Balaban J connectivity index is 1.94. The van der Waals surface area contributed by atoms with Gasteiger partial charge in [-0.2, -0.15) is 0 Å². The van der Waals surface area contributed by atoms with Crippen LogP contribution in [0.2, 0.25) is 0 Å². The Kier molecular flexibility index (Phi) is 4.65. The van der Waals surface area contributed by atoms with Crippen molar-refractivity contribution in [3.8, 4) is 5.75 Å². The Morgan fingerprint density at radius 1 is 1.39 bits per heavy atom. The summed E-state index contributed by atoms with van der Waals surface area (Å²) in [4.78, 5) is 2.58. The van der Waals surface area contributed by atoms with Gasteiger partial charge in [-0.25, -0.2) is 0 Å². The molecule has 1 aliphatic heterocycles. The van der Waals surface area contributed by atoms with Gasteiger partial charge in [-0.3, -0.25) is 0 Å². The van der Waals surface area contributed by atoms with Gasteiger partial charge in [-0.05, 0) is 61.9 Å². The molecule has 1 atom stereocenters. The molecule has 100 valence electrons. The second-order valence-electron chi connectivity index (χ2n) is 5.92. The Morgan fingerprint density at radius 3 is 2.94 bits per heavy atom. The normalized spacial score (nSPS) is 21.4. The van der Waals surface area contributed by atoms with Crippen molar-refractivity contribution in [3.05, 3.63) is 29.8 Å². The molecule has 1 heterocycles. The topological polar surface area (TPSA) is 23.5 Å². The molecule has 1 saturated heterocycles. The molecule has 0 radical (unpaired) electrons. The summed E-state index contributed by atoms with van der Waals surface area (Å²) in [5, 5.41) is 9.57. The van der Waals surface area contributed by atoms with E-state index in [0.29, 0.717) is 11.7 Å². The number of aromatic hydroxyl groups is 1. The Bertz CT molecular complexity index is 375. The third kappa shape index (κ3) is 3.74. The summed E-state index contributed by atoms with van der Waals surface area (Å²) in [5.41, 5.74) is 1.30. The van der Waals surface area contributed by atoms with E-state index in [1.54, 1.807) is 6.07 Å². The van der Waals surface area contributed by atoms with Crippen molar-refractivity contribution in [2.24, 2.45) is 5.92 Å². The highest BCUT2D eigenvalue weighted by molar-refractivity contribution is 5.30. The molecular formula is C16H25NO. The first-order valence-electron chi connectivity index (χ1n) is 7.16. The Labute approximate surface area is 111 Å². The van der Waals surface area contributed by atoms with E-state index < -0.39 is 0 Å². The molecule has 1 aliphatic rings. The lowest BCUT2D eigenvalue weighted by atomic mass is 9.90. The van der Waals surface area contributed by atoms with Crippen LogP contribution >= 0.6 is 0 Å². The number of nitrogens with zero attached hydrogens (tertiary/aromatic N) is 1. The quantitative estimate of drug-likeness (QED) is 0.878. The number of benzene rings is 1. The minimum Gasteiger partial charge on any atom is -0.508 e. The zero-order valence-corrected chi connectivity index (χ0v) is 11.6. The van der Waals surface area contributed by atoms with Gasteiger partial charge in [0, 0.05) is 6.54 Å². The van der Waals surface area contributed by atoms with Gasteiger partial charge in [0.15, 0.2) is 0 Å². The van der Waals surface area contributed by atoms with Crippen molar-refractivity contribution in [2.75, 3.05) is 19.6 Å². The van der Waals surface area contributed by atoms with Crippen LogP contribution < -0.4 is 0 Å². The summed E-state index contributed by atoms with van der Waals surface area (Å²) < 4.78 is 0. The summed E-state index contributed by atoms with van der Waals surface area (Å²) in [5.74, 6) is 1.77. The van der Waals surface area contributed by atoms with Gasteiger partial charge in [0.1, 0.15) is 5.75 Å². The molecule has 2 heteroatoms. The second kappa shape index (κ2) is 6.24. The van der Waals surface area contributed by atoms with E-state index >= 15 is 0 Å². The Morgan fingerprint density at radius 2 is 2.22 bits per heavy atom. The van der Waals surface area contributed by atoms with Crippen LogP contribution in [0.15, 0.2) is 24.3 Å². The van der Waals surface area contributed by atoms with Crippen LogP contribution in [0.5, 0.6) is 5.75 Å². The van der Waals surface area contributed by atoms with Crippen LogP contribution in [0.1, 0.15) is 44.6 Å². The minimum absolute atomic E-state index is 0.395. The molecule has 1 aromatic rings. The van der Waals surface area contributed by atoms with E-state index in [9.17, 15) is 5.11 Å². The fourth-order valence-electron chi connectivity index (χ4n) is 2.75. The number of phenolic OH excluding ortho intramolecular Hbond substituents is 1. The van der Waals surface area contributed by atoms with Crippen LogP contribution in [0.4, 0.5) is 0 Å². The highest BCUT2D eigenvalue weighted by Gasteiger charge is 2.21. The maximum atomic E-state index is 9.57. The third-order valence-electron chi connectivity index (χ3n) is 3.87. The second-order valence-corrected chi connectivity index (χ2v) is 5.92. The summed E-state index contributed by atoms with van der Waals surface area (Å²) in [7, 11) is 0. The zero-order valence-electron chi connectivity index (χ0n) is 11.6. The largest absolute Gasteiger partial charge is 0.508 e. The SMILES string of the molecule is CC(C)CCN1CCC[C@H](c2cccc(O)c2)C1. The molecule has 0 saturated carbocycles. The third-order valence-corrected chi connectivity index (χ3v) is 3.87. The fourth-order valence-corrected chi connectivity index (χ4v) is 2.75. The van der Waals surface area contributed by atoms with Crippen LogP contribution in [0.3, 0.4) is 0 Å². The molecule has 0 unspecified atom stereocenters. The highest BCUT2D eigenvalue weighted by Crippen LogP contribution is 2.28. The number of likely N-dealkylation sites (tertiary alicyclic amines) is 1. The molecule has 1 fully saturated rings. The average Bonchev–Trinajstić information content (AvgIpc) is 2.37. The first-order valence-corrected chi connectivity index (χ1v) is 7.16. The van der Waals surface area contributed by atoms with Crippen molar-refractivity contribution >= 4 is 0 Å². The van der Waals surface area contributed by atoms with Gasteiger partial charge in [0.2, 0.25) is 0 Å². The van der Waals surface area contributed by atoms with Crippen LogP contribution in [0, 0.1) is 5.92 Å². The van der Waals surface area contributed by atoms with E-state index in [4.69, 9.17) is 0 Å². The maximum absolute atomic E-state index is 9.57. The smallest absolute Gasteiger partial charge is 0.115 e. The molecule has 0 amide bonds. The van der Waals surface area contributed by atoms with E-state index in [-0.39, 0.29) is 0 Å². The van der Waals surface area contributed by atoms with E-state index in [1.807, 2.05) is 12.1 Å². The minimum atomic E-state index is 0.395. The Hall–Kier alpha value is -1.02. The van der Waals surface area contributed by atoms with Crippen molar-refractivity contribution in [1.82, 2.24) is 4.90 Å². The van der Waals surface area contributed by atoms with E-state index in [1.165, 1.54) is 37.9 Å². The highest BCUT2D eigenvalue weighted by atomic mass is 16.3. The molecule has 2 rings (SSSR count). The maximum Gasteiger partial charge on any atom is 0.115 e. The molecule has 18 heavy (non-hydrogen) atoms. The zero-order chi connectivity index (χ0) is 13.0. The van der Waals surface area contributed by atoms with Gasteiger partial charge < -0.3 is 10.0 Å². The number of piperidine rings is 1. The lowest BCUT2D eigenvalue weighted by Gasteiger charge is -2.33. The van der Waals surface area contributed by atoms with Crippen molar-refractivity contribution in [2.45, 2.75) is 39.0 Å². The monoisotopic (exact) mass is 247 g/mol. The molecule has 2 nitrogen and oxygen atoms in total. The number of hydrogen-bond donors (Lipinski definition) is 1. The average molecular weight is 247 g/mol. The molecule has 1 aromatic carbocycles. The molecule has 1 N–H and O–H groups in total. The van der Waals surface area contributed by atoms with E-state index in [0.717, 1.165) is 12.5 Å². The van der Waals surface area contributed by atoms with Crippen molar-refractivity contribution in [3.63, 3.8) is 0 Å². The van der Waals surface area contributed by atoms with Gasteiger partial charge >= 0.3 is 0 Å². The van der Waals surface area contributed by atoms with Crippen LogP contribution in [0.25, 0.3) is 0 Å². The van der Waals surface area contributed by atoms with Crippen molar-refractivity contribution in [1.29, 1.82) is 0 Å². The van der Waals surface area contributed by atoms with Gasteiger partial charge in [0.25, 0.3) is 0 Å². The number of phenols is 1. The molecule has 0 aliphatic carbocycles. The predicted octanol–water partition coefficient (Wildman–Crippen LogP) is 3.62. The van der Waals surface area contributed by atoms with Crippen molar-refractivity contribution < 1.29 is 5.11 Å².